The van der Waals surface area contributed by atoms with Crippen LogP contribution in [0, 0.1) is 6.92 Å². The van der Waals surface area contributed by atoms with Gasteiger partial charge in [0.05, 0.1) is 17.7 Å². The van der Waals surface area contributed by atoms with Crippen LogP contribution in [-0.2, 0) is 32.6 Å². The van der Waals surface area contributed by atoms with Crippen molar-refractivity contribution in [2.45, 2.75) is 44.2 Å². The summed E-state index contributed by atoms with van der Waals surface area (Å²) in [4.78, 5) is 29.7. The first-order valence-electron chi connectivity index (χ1n) is 14.7. The molecule has 0 spiro atoms. The Morgan fingerprint density at radius 3 is 2.27 bits per heavy atom. The number of amides is 2. The molecular formula is C35H38ClN3O5S. The van der Waals surface area contributed by atoms with Gasteiger partial charge >= 0.3 is 0 Å². The fourth-order valence-electron chi connectivity index (χ4n) is 4.86. The van der Waals surface area contributed by atoms with Gasteiger partial charge in [0.1, 0.15) is 18.3 Å². The summed E-state index contributed by atoms with van der Waals surface area (Å²) in [6, 6.07) is 28.5. The lowest BCUT2D eigenvalue weighted by Gasteiger charge is -2.34. The molecule has 45 heavy (non-hydrogen) atoms. The van der Waals surface area contributed by atoms with Gasteiger partial charge in [-0.1, -0.05) is 90.8 Å². The Hall–Kier alpha value is -4.34. The number of carbonyl (C=O) groups excluding carboxylic acids is 2. The second-order valence-electron chi connectivity index (χ2n) is 10.6. The van der Waals surface area contributed by atoms with Gasteiger partial charge < -0.3 is 15.0 Å². The van der Waals surface area contributed by atoms with E-state index >= 15 is 0 Å². The van der Waals surface area contributed by atoms with Crippen molar-refractivity contribution in [3.63, 3.8) is 0 Å². The number of rotatable bonds is 14. The van der Waals surface area contributed by atoms with E-state index in [0.717, 1.165) is 15.4 Å². The van der Waals surface area contributed by atoms with Crippen molar-refractivity contribution in [3.05, 3.63) is 125 Å². The maximum Gasteiger partial charge on any atom is 0.264 e. The quantitative estimate of drug-likeness (QED) is 0.181. The molecule has 10 heteroatoms. The molecule has 1 atom stereocenters. The summed E-state index contributed by atoms with van der Waals surface area (Å²) in [5.41, 5.74) is 2.62. The highest BCUT2D eigenvalue weighted by molar-refractivity contribution is 7.92. The predicted octanol–water partition coefficient (Wildman–Crippen LogP) is 6.02. The van der Waals surface area contributed by atoms with Crippen LogP contribution in [0.1, 0.15) is 30.0 Å². The molecule has 4 aromatic rings. The molecule has 0 fully saturated rings. The number of nitrogens with zero attached hydrogens (tertiary/aromatic N) is 2. The molecule has 0 aromatic heterocycles. The van der Waals surface area contributed by atoms with E-state index in [4.69, 9.17) is 16.3 Å². The van der Waals surface area contributed by atoms with Crippen molar-refractivity contribution in [2.24, 2.45) is 0 Å². The molecule has 0 bridgehead atoms. The minimum Gasteiger partial charge on any atom is -0.497 e. The summed E-state index contributed by atoms with van der Waals surface area (Å²) in [6.45, 7) is 3.66. The molecule has 0 radical (unpaired) electrons. The number of nitrogens with one attached hydrogen (secondary N) is 1. The van der Waals surface area contributed by atoms with Crippen molar-refractivity contribution in [2.75, 3.05) is 24.5 Å². The van der Waals surface area contributed by atoms with Crippen molar-refractivity contribution < 1.29 is 22.7 Å². The van der Waals surface area contributed by atoms with Crippen LogP contribution in [-0.4, -0.2) is 51.4 Å². The van der Waals surface area contributed by atoms with Crippen LogP contribution in [0.2, 0.25) is 5.02 Å². The molecule has 1 N–H and O–H groups in total. The van der Waals surface area contributed by atoms with Gasteiger partial charge in [0.25, 0.3) is 10.0 Å². The fourth-order valence-corrected chi connectivity index (χ4v) is 6.46. The first kappa shape index (κ1) is 33.6. The minimum atomic E-state index is -4.22. The number of halogens is 1. The molecule has 0 heterocycles. The molecule has 0 aliphatic carbocycles. The molecule has 0 aliphatic heterocycles. The normalized spacial score (nSPS) is 11.8. The van der Waals surface area contributed by atoms with Crippen LogP contribution in [0.5, 0.6) is 5.75 Å². The van der Waals surface area contributed by atoms with Crippen LogP contribution in [0.25, 0.3) is 0 Å². The van der Waals surface area contributed by atoms with Gasteiger partial charge in [0, 0.05) is 30.6 Å². The highest BCUT2D eigenvalue weighted by Crippen LogP contribution is 2.28. The predicted molar refractivity (Wildman–Crippen MR) is 178 cm³/mol. The summed E-state index contributed by atoms with van der Waals surface area (Å²) < 4.78 is 34.8. The van der Waals surface area contributed by atoms with Gasteiger partial charge in [0.15, 0.2) is 0 Å². The van der Waals surface area contributed by atoms with Gasteiger partial charge in [-0.3, -0.25) is 13.9 Å². The van der Waals surface area contributed by atoms with E-state index in [1.54, 1.807) is 60.7 Å². The van der Waals surface area contributed by atoms with Crippen LogP contribution in [0.15, 0.2) is 108 Å². The van der Waals surface area contributed by atoms with Gasteiger partial charge in [0.2, 0.25) is 11.8 Å². The fraction of sp³-hybridized carbons (Fsp3) is 0.257. The molecule has 1 unspecified atom stereocenters. The van der Waals surface area contributed by atoms with Crippen molar-refractivity contribution in [1.29, 1.82) is 0 Å². The van der Waals surface area contributed by atoms with E-state index in [0.29, 0.717) is 29.3 Å². The monoisotopic (exact) mass is 647 g/mol. The number of methoxy groups -OCH3 is 1. The van der Waals surface area contributed by atoms with Crippen LogP contribution in [0.4, 0.5) is 5.69 Å². The smallest absolute Gasteiger partial charge is 0.264 e. The van der Waals surface area contributed by atoms with Gasteiger partial charge in [-0.2, -0.15) is 0 Å². The highest BCUT2D eigenvalue weighted by atomic mass is 35.5. The third-order valence-electron chi connectivity index (χ3n) is 7.35. The van der Waals surface area contributed by atoms with E-state index in [9.17, 15) is 18.0 Å². The van der Waals surface area contributed by atoms with Gasteiger partial charge in [-0.25, -0.2) is 8.42 Å². The number of hydrogen-bond donors (Lipinski definition) is 1. The summed E-state index contributed by atoms with van der Waals surface area (Å²) >= 11 is 6.54. The van der Waals surface area contributed by atoms with Gasteiger partial charge in [-0.15, -0.1) is 0 Å². The Morgan fingerprint density at radius 1 is 0.911 bits per heavy atom. The van der Waals surface area contributed by atoms with Crippen molar-refractivity contribution >= 4 is 39.1 Å². The van der Waals surface area contributed by atoms with Gasteiger partial charge in [-0.05, 0) is 54.8 Å². The molecule has 4 aromatic carbocycles. The lowest BCUT2D eigenvalue weighted by Crippen LogP contribution is -2.53. The van der Waals surface area contributed by atoms with E-state index in [-0.39, 0.29) is 29.5 Å². The number of benzene rings is 4. The second kappa shape index (κ2) is 15.6. The summed E-state index contributed by atoms with van der Waals surface area (Å²) in [7, 11) is -2.74. The number of carbonyl (C=O) groups is 2. The maximum absolute atomic E-state index is 14.5. The third kappa shape index (κ3) is 8.65. The summed E-state index contributed by atoms with van der Waals surface area (Å²) in [5, 5.41) is 3.37. The first-order valence-corrected chi connectivity index (χ1v) is 16.5. The Labute approximate surface area is 270 Å². The minimum absolute atomic E-state index is 0.00786. The number of hydrogen-bond acceptors (Lipinski definition) is 5. The van der Waals surface area contributed by atoms with E-state index < -0.39 is 28.5 Å². The van der Waals surface area contributed by atoms with Crippen LogP contribution >= 0.6 is 11.6 Å². The topological polar surface area (TPSA) is 96.0 Å². The Morgan fingerprint density at radius 2 is 1.60 bits per heavy atom. The zero-order valence-electron chi connectivity index (χ0n) is 25.6. The Balaban J connectivity index is 1.82. The molecule has 4 rings (SSSR count). The molecule has 0 saturated heterocycles. The molecular weight excluding hydrogens is 610 g/mol. The number of aryl methyl sites for hydroxylation is 1. The summed E-state index contributed by atoms with van der Waals surface area (Å²) in [6.07, 6.45) is 0.928. The van der Waals surface area contributed by atoms with E-state index in [1.807, 2.05) is 44.2 Å². The highest BCUT2D eigenvalue weighted by Gasteiger charge is 2.35. The lowest BCUT2D eigenvalue weighted by atomic mass is 10.0. The van der Waals surface area contributed by atoms with Crippen molar-refractivity contribution in [3.8, 4) is 5.75 Å². The molecule has 2 amide bonds. The number of ether oxygens (including phenoxy) is 1. The maximum atomic E-state index is 14.5. The van der Waals surface area contributed by atoms with E-state index in [1.165, 1.54) is 24.1 Å². The molecule has 0 saturated carbocycles. The van der Waals surface area contributed by atoms with E-state index in [2.05, 4.69) is 5.32 Å². The number of sulfonamides is 1. The molecule has 236 valence electrons. The zero-order valence-corrected chi connectivity index (χ0v) is 27.2. The molecule has 0 aliphatic rings. The third-order valence-corrected chi connectivity index (χ3v) is 9.50. The second-order valence-corrected chi connectivity index (χ2v) is 12.9. The Bertz CT molecular complexity index is 1700. The molecule has 8 nitrogen and oxygen atoms in total. The zero-order chi connectivity index (χ0) is 32.4. The van der Waals surface area contributed by atoms with Crippen LogP contribution in [0.3, 0.4) is 0 Å². The average molecular weight is 648 g/mol. The first-order chi connectivity index (χ1) is 21.6. The van der Waals surface area contributed by atoms with Crippen molar-refractivity contribution in [1.82, 2.24) is 10.2 Å². The average Bonchev–Trinajstić information content (AvgIpc) is 3.05. The standard InChI is InChI=1S/C35H38ClN3O5S/c1-4-21-37-35(41)33(22-27-11-6-5-7-12-27)38(24-28-13-8-9-16-32(28)36)34(40)25-39(29-14-10-15-30(23-29)44-3)45(42,43)31-19-17-26(2)18-20-31/h5-20,23,33H,4,21-22,24-25H2,1-3H3,(H,37,41). The number of anilines is 1. The van der Waals surface area contributed by atoms with Crippen LogP contribution < -0.4 is 14.4 Å². The largest absolute Gasteiger partial charge is 0.497 e. The summed E-state index contributed by atoms with van der Waals surface area (Å²) in [5.74, 6) is -0.477. The SMILES string of the molecule is CCCNC(=O)C(Cc1ccccc1)N(Cc1ccccc1Cl)C(=O)CN(c1cccc(OC)c1)S(=O)(=O)c1ccc(C)cc1. The Kier molecular flexibility index (Phi) is 11.6. The lowest BCUT2D eigenvalue weighted by molar-refractivity contribution is -0.140.